The maximum absolute atomic E-state index is 11.2. The minimum absolute atomic E-state index is 0.0997. The van der Waals surface area contributed by atoms with Gasteiger partial charge in [0.2, 0.25) is 0 Å². The monoisotopic (exact) mass is 237 g/mol. The largest absolute Gasteiger partial charge is 0.489 e. The van der Waals surface area contributed by atoms with Crippen molar-refractivity contribution in [3.8, 4) is 5.75 Å². The van der Waals surface area contributed by atoms with Gasteiger partial charge in [-0.3, -0.25) is 4.79 Å². The minimum atomic E-state index is -0.271. The number of para-hydroxylation sites is 2. The summed E-state index contributed by atoms with van der Waals surface area (Å²) in [6.07, 6.45) is 0.0997. The van der Waals surface area contributed by atoms with E-state index in [1.807, 2.05) is 50.1 Å². The van der Waals surface area contributed by atoms with Gasteiger partial charge in [0.15, 0.2) is 0 Å². The summed E-state index contributed by atoms with van der Waals surface area (Å²) in [5.41, 5.74) is 0.881. The summed E-state index contributed by atoms with van der Waals surface area (Å²) < 4.78 is 10.3. The summed E-state index contributed by atoms with van der Waals surface area (Å²) in [5, 5.41) is 0. The fraction of sp³-hybridized carbons (Fsp3) is 0.462. The third-order valence-corrected chi connectivity index (χ3v) is 2.23. The van der Waals surface area contributed by atoms with Gasteiger partial charge in [-0.1, -0.05) is 12.1 Å². The maximum atomic E-state index is 11.2. The Labute approximate surface area is 102 Å². The first-order valence-electron chi connectivity index (χ1n) is 5.58. The molecule has 0 atom stereocenters. The van der Waals surface area contributed by atoms with Gasteiger partial charge in [0.1, 0.15) is 12.3 Å². The van der Waals surface area contributed by atoms with Crippen molar-refractivity contribution in [3.63, 3.8) is 0 Å². The van der Waals surface area contributed by atoms with E-state index in [1.165, 1.54) is 7.11 Å². The molecule has 0 N–H and O–H groups in total. The van der Waals surface area contributed by atoms with Crippen LogP contribution in [0.15, 0.2) is 24.3 Å². The SMILES string of the molecule is COC(=O)CN(C)c1ccccc1OC(C)C. The van der Waals surface area contributed by atoms with Crippen molar-refractivity contribution in [1.82, 2.24) is 0 Å². The molecule has 4 nitrogen and oxygen atoms in total. The Morgan fingerprint density at radius 2 is 2.00 bits per heavy atom. The number of nitrogens with zero attached hydrogens (tertiary/aromatic N) is 1. The second-order valence-corrected chi connectivity index (χ2v) is 4.07. The molecule has 0 bridgehead atoms. The summed E-state index contributed by atoms with van der Waals surface area (Å²) >= 11 is 0. The lowest BCUT2D eigenvalue weighted by Gasteiger charge is -2.22. The average Bonchev–Trinajstić information content (AvgIpc) is 2.28. The first-order valence-corrected chi connectivity index (χ1v) is 5.58. The zero-order valence-electron chi connectivity index (χ0n) is 10.8. The second-order valence-electron chi connectivity index (χ2n) is 4.07. The van der Waals surface area contributed by atoms with E-state index in [2.05, 4.69) is 4.74 Å². The molecule has 0 radical (unpaired) electrons. The molecule has 0 unspecified atom stereocenters. The van der Waals surface area contributed by atoms with Gasteiger partial charge in [-0.2, -0.15) is 0 Å². The lowest BCUT2D eigenvalue weighted by molar-refractivity contribution is -0.138. The fourth-order valence-electron chi connectivity index (χ4n) is 1.47. The minimum Gasteiger partial charge on any atom is -0.489 e. The van der Waals surface area contributed by atoms with Crippen LogP contribution >= 0.6 is 0 Å². The number of methoxy groups -OCH3 is 1. The number of benzene rings is 1. The molecular formula is C13H19NO3. The topological polar surface area (TPSA) is 38.8 Å². The van der Waals surface area contributed by atoms with Gasteiger partial charge in [-0.25, -0.2) is 0 Å². The van der Waals surface area contributed by atoms with Crippen molar-refractivity contribution in [2.75, 3.05) is 25.6 Å². The lowest BCUT2D eigenvalue weighted by atomic mass is 10.2. The van der Waals surface area contributed by atoms with Crippen LogP contribution in [-0.2, 0) is 9.53 Å². The molecule has 0 aromatic heterocycles. The number of hydrogen-bond donors (Lipinski definition) is 0. The summed E-state index contributed by atoms with van der Waals surface area (Å²) in [6, 6.07) is 7.63. The van der Waals surface area contributed by atoms with Crippen LogP contribution in [0.2, 0.25) is 0 Å². The van der Waals surface area contributed by atoms with Crippen LogP contribution < -0.4 is 9.64 Å². The van der Waals surface area contributed by atoms with Crippen molar-refractivity contribution >= 4 is 11.7 Å². The van der Waals surface area contributed by atoms with Crippen LogP contribution in [0.4, 0.5) is 5.69 Å². The smallest absolute Gasteiger partial charge is 0.325 e. The molecular weight excluding hydrogens is 218 g/mol. The van der Waals surface area contributed by atoms with E-state index >= 15 is 0 Å². The number of likely N-dealkylation sites (N-methyl/N-ethyl adjacent to an activating group) is 1. The molecule has 0 aliphatic rings. The highest BCUT2D eigenvalue weighted by atomic mass is 16.5. The molecule has 0 aliphatic carbocycles. The summed E-state index contributed by atoms with van der Waals surface area (Å²) in [6.45, 7) is 4.14. The Hall–Kier alpha value is -1.71. The van der Waals surface area contributed by atoms with Crippen LogP contribution in [0.1, 0.15) is 13.8 Å². The first kappa shape index (κ1) is 13.4. The van der Waals surface area contributed by atoms with Crippen LogP contribution in [0.25, 0.3) is 0 Å². The molecule has 1 aromatic carbocycles. The predicted molar refractivity (Wildman–Crippen MR) is 67.5 cm³/mol. The highest BCUT2D eigenvalue weighted by molar-refractivity contribution is 5.76. The van der Waals surface area contributed by atoms with Crippen molar-refractivity contribution < 1.29 is 14.3 Å². The lowest BCUT2D eigenvalue weighted by Crippen LogP contribution is -2.27. The summed E-state index contributed by atoms with van der Waals surface area (Å²) in [4.78, 5) is 13.0. The highest BCUT2D eigenvalue weighted by Gasteiger charge is 2.12. The number of carbonyl (C=O) groups excluding carboxylic acids is 1. The zero-order chi connectivity index (χ0) is 12.8. The van der Waals surface area contributed by atoms with Crippen LogP contribution in [-0.4, -0.2) is 32.8 Å². The molecule has 1 rings (SSSR count). The average molecular weight is 237 g/mol. The van der Waals surface area contributed by atoms with Crippen molar-refractivity contribution in [2.45, 2.75) is 20.0 Å². The van der Waals surface area contributed by atoms with Gasteiger partial charge in [0, 0.05) is 7.05 Å². The zero-order valence-corrected chi connectivity index (χ0v) is 10.8. The number of esters is 1. The van der Waals surface area contributed by atoms with Gasteiger partial charge in [0.25, 0.3) is 0 Å². The summed E-state index contributed by atoms with van der Waals surface area (Å²) in [5.74, 6) is 0.501. The van der Waals surface area contributed by atoms with E-state index in [4.69, 9.17) is 4.74 Å². The van der Waals surface area contributed by atoms with Crippen molar-refractivity contribution in [1.29, 1.82) is 0 Å². The number of hydrogen-bond acceptors (Lipinski definition) is 4. The van der Waals surface area contributed by atoms with E-state index in [0.717, 1.165) is 11.4 Å². The molecule has 0 fully saturated rings. The van der Waals surface area contributed by atoms with Crippen LogP contribution in [0, 0.1) is 0 Å². The molecule has 17 heavy (non-hydrogen) atoms. The summed E-state index contributed by atoms with van der Waals surface area (Å²) in [7, 11) is 3.21. The van der Waals surface area contributed by atoms with E-state index in [9.17, 15) is 4.79 Å². The maximum Gasteiger partial charge on any atom is 0.325 e. The Morgan fingerprint density at radius 3 is 2.59 bits per heavy atom. The molecule has 0 spiro atoms. The molecule has 0 saturated carbocycles. The third-order valence-electron chi connectivity index (χ3n) is 2.23. The normalized spacial score (nSPS) is 10.2. The Kier molecular flexibility index (Phi) is 4.82. The van der Waals surface area contributed by atoms with Crippen LogP contribution in [0.5, 0.6) is 5.75 Å². The number of ether oxygens (including phenoxy) is 2. The van der Waals surface area contributed by atoms with E-state index in [1.54, 1.807) is 0 Å². The number of carbonyl (C=O) groups is 1. The van der Waals surface area contributed by atoms with Gasteiger partial charge in [-0.15, -0.1) is 0 Å². The van der Waals surface area contributed by atoms with E-state index in [-0.39, 0.29) is 18.6 Å². The number of anilines is 1. The molecule has 0 saturated heterocycles. The highest BCUT2D eigenvalue weighted by Crippen LogP contribution is 2.27. The third kappa shape index (κ3) is 3.98. The van der Waals surface area contributed by atoms with E-state index < -0.39 is 0 Å². The molecule has 1 aromatic rings. The number of rotatable bonds is 5. The van der Waals surface area contributed by atoms with Gasteiger partial charge in [0.05, 0.1) is 18.9 Å². The Balaban J connectivity index is 2.84. The van der Waals surface area contributed by atoms with Gasteiger partial charge < -0.3 is 14.4 Å². The molecule has 4 heteroatoms. The predicted octanol–water partition coefficient (Wildman–Crippen LogP) is 2.08. The molecule has 94 valence electrons. The molecule has 0 aliphatic heterocycles. The van der Waals surface area contributed by atoms with Crippen LogP contribution in [0.3, 0.4) is 0 Å². The second kappa shape index (κ2) is 6.13. The fourth-order valence-corrected chi connectivity index (χ4v) is 1.47. The Morgan fingerprint density at radius 1 is 1.35 bits per heavy atom. The van der Waals surface area contributed by atoms with Gasteiger partial charge >= 0.3 is 5.97 Å². The standard InChI is InChI=1S/C13H19NO3/c1-10(2)17-12-8-6-5-7-11(12)14(3)9-13(15)16-4/h5-8,10H,9H2,1-4H3. The molecule has 0 heterocycles. The first-order chi connectivity index (χ1) is 8.04. The molecule has 0 amide bonds. The van der Waals surface area contributed by atoms with E-state index in [0.29, 0.717) is 0 Å². The Bertz CT molecular complexity index is 377. The van der Waals surface area contributed by atoms with Crippen molar-refractivity contribution in [2.24, 2.45) is 0 Å². The van der Waals surface area contributed by atoms with Crippen molar-refractivity contribution in [3.05, 3.63) is 24.3 Å². The van der Waals surface area contributed by atoms with Gasteiger partial charge in [-0.05, 0) is 26.0 Å². The quantitative estimate of drug-likeness (QED) is 0.735.